The summed E-state index contributed by atoms with van der Waals surface area (Å²) in [5, 5.41) is 33.9. The monoisotopic (exact) mass is 961 g/mol. The Morgan fingerprint density at radius 3 is 1.64 bits per heavy atom. The molecule has 10 atom stereocenters. The van der Waals surface area contributed by atoms with Gasteiger partial charge in [-0.25, -0.2) is 4.79 Å². The average Bonchev–Trinajstić information content (AvgIpc) is 3.20. The SMILES string of the molecule is CC[C@H](C)[C@H](NC(=O)[C@@H](N)CCC(=O)O)C(=O)N[C@@H](CC(N)=O)C(=O)O[C@@H](CN[C@@H](CCSC)C(=O)N[C@H](C(=O)N[C@@H](CC(C)C)C(=O)N[C@@H](CC(=O)O)C(N)=O)C(C)C)[C@@H](N)CC(C)C. The number of esters is 1. The molecular formula is C42H76N10O13S. The lowest BCUT2D eigenvalue weighted by molar-refractivity contribution is -0.155. The predicted molar refractivity (Wildman–Crippen MR) is 246 cm³/mol. The number of carbonyl (C=O) groups is 10. The second kappa shape index (κ2) is 31.0. The number of hydrogen-bond acceptors (Lipinski definition) is 15. The molecule has 0 fully saturated rings. The molecular weight excluding hydrogens is 885 g/mol. The van der Waals surface area contributed by atoms with E-state index in [9.17, 15) is 53.1 Å². The number of primary amides is 2. The lowest BCUT2D eigenvalue weighted by atomic mass is 9.97. The molecule has 16 N–H and O–H groups in total. The molecule has 0 aliphatic heterocycles. The summed E-state index contributed by atoms with van der Waals surface area (Å²) in [7, 11) is 0. The summed E-state index contributed by atoms with van der Waals surface area (Å²) >= 11 is 1.43. The Hall–Kier alpha value is -5.07. The van der Waals surface area contributed by atoms with E-state index in [4.69, 9.17) is 32.8 Å². The molecule has 24 heteroatoms. The fourth-order valence-electron chi connectivity index (χ4n) is 6.48. The van der Waals surface area contributed by atoms with Crippen molar-refractivity contribution >= 4 is 71.0 Å². The molecule has 0 aliphatic carbocycles. The van der Waals surface area contributed by atoms with Gasteiger partial charge in [0, 0.05) is 19.0 Å². The molecule has 0 unspecified atom stereocenters. The Balaban J connectivity index is 6.51. The number of carboxylic acid groups (broad SMARTS) is 2. The second-order valence-corrected chi connectivity index (χ2v) is 18.6. The topological polar surface area (TPSA) is 397 Å². The van der Waals surface area contributed by atoms with Gasteiger partial charge in [0.1, 0.15) is 36.3 Å². The van der Waals surface area contributed by atoms with Gasteiger partial charge < -0.3 is 69.8 Å². The number of carbonyl (C=O) groups excluding carboxylic acids is 8. The summed E-state index contributed by atoms with van der Waals surface area (Å²) in [6, 6.07) is -9.95. The fourth-order valence-corrected chi connectivity index (χ4v) is 6.95. The van der Waals surface area contributed by atoms with Gasteiger partial charge in [0.15, 0.2) is 0 Å². The lowest BCUT2D eigenvalue weighted by Crippen LogP contribution is -2.60. The van der Waals surface area contributed by atoms with Crippen molar-refractivity contribution in [3.63, 3.8) is 0 Å². The Morgan fingerprint density at radius 1 is 0.621 bits per heavy atom. The molecule has 23 nitrogen and oxygen atoms in total. The van der Waals surface area contributed by atoms with Gasteiger partial charge in [0.2, 0.25) is 41.4 Å². The van der Waals surface area contributed by atoms with E-state index in [1.54, 1.807) is 41.5 Å². The van der Waals surface area contributed by atoms with Gasteiger partial charge >= 0.3 is 17.9 Å². The first-order valence-electron chi connectivity index (χ1n) is 22.1. The highest BCUT2D eigenvalue weighted by atomic mass is 32.2. The Bertz CT molecular complexity index is 1650. The highest BCUT2D eigenvalue weighted by Gasteiger charge is 2.36. The van der Waals surface area contributed by atoms with E-state index in [0.29, 0.717) is 18.6 Å². The first-order chi connectivity index (χ1) is 30.6. The number of thioether (sulfide) groups is 1. The third kappa shape index (κ3) is 23.9. The van der Waals surface area contributed by atoms with Gasteiger partial charge in [-0.3, -0.25) is 43.2 Å². The van der Waals surface area contributed by atoms with Crippen LogP contribution in [0.3, 0.4) is 0 Å². The van der Waals surface area contributed by atoms with Crippen LogP contribution in [0, 0.1) is 23.7 Å². The van der Waals surface area contributed by atoms with E-state index in [0.717, 1.165) is 0 Å². The second-order valence-electron chi connectivity index (χ2n) is 17.6. The first kappa shape index (κ1) is 60.9. The van der Waals surface area contributed by atoms with Crippen LogP contribution in [0.25, 0.3) is 0 Å². The van der Waals surface area contributed by atoms with Crippen molar-refractivity contribution in [3.8, 4) is 0 Å². The number of amides is 7. The highest BCUT2D eigenvalue weighted by molar-refractivity contribution is 7.98. The standard InChI is InChI=1S/C42H76N10O13S/c1-10-23(8)35(52-37(59)24(43)11-12-32(54)55)41(63)50-29(17-31(45)53)42(64)65-30(25(44)15-20(2)3)19-47-26(13-14-66-9)38(60)51-34(22(6)7)40(62)49-28(16-21(4)5)39(61)48-27(36(46)58)18-33(56)57/h20-30,34-35,47H,10-19,43-44H2,1-9H3,(H2,45,53)(H2,46,58)(H,48,61)(H,49,62)(H,50,63)(H,51,60)(H,52,59)(H,54,55)(H,56,57)/t23-,24-,25-,26-,27-,28-,29-,30-,34-,35-/m0/s1. The van der Waals surface area contributed by atoms with E-state index >= 15 is 0 Å². The molecule has 66 heavy (non-hydrogen) atoms. The summed E-state index contributed by atoms with van der Waals surface area (Å²) < 4.78 is 5.86. The zero-order valence-electron chi connectivity index (χ0n) is 39.7. The Kier molecular flexibility index (Phi) is 28.6. The number of ether oxygens (including phenoxy) is 1. The zero-order chi connectivity index (χ0) is 51.0. The van der Waals surface area contributed by atoms with Gasteiger partial charge in [-0.1, -0.05) is 61.8 Å². The van der Waals surface area contributed by atoms with Crippen LogP contribution in [-0.4, -0.2) is 142 Å². The Labute approximate surface area is 391 Å². The molecule has 0 aliphatic rings. The summed E-state index contributed by atoms with van der Waals surface area (Å²) in [4.78, 5) is 128. The lowest BCUT2D eigenvalue weighted by Gasteiger charge is -2.31. The number of carboxylic acids is 2. The van der Waals surface area contributed by atoms with Crippen molar-refractivity contribution < 1.29 is 62.9 Å². The third-order valence-corrected chi connectivity index (χ3v) is 11.1. The summed E-state index contributed by atoms with van der Waals surface area (Å²) in [5.41, 5.74) is 23.2. The molecule has 0 spiro atoms. The first-order valence-corrected chi connectivity index (χ1v) is 23.5. The van der Waals surface area contributed by atoms with Crippen LogP contribution < -0.4 is 54.8 Å². The summed E-state index contributed by atoms with van der Waals surface area (Å²) in [6.45, 7) is 13.8. The summed E-state index contributed by atoms with van der Waals surface area (Å²) in [5.74, 6) is -10.3. The highest BCUT2D eigenvalue weighted by Crippen LogP contribution is 2.15. The van der Waals surface area contributed by atoms with Gasteiger partial charge in [-0.05, 0) is 61.4 Å². The minimum Gasteiger partial charge on any atom is -0.481 e. The molecule has 0 aromatic rings. The van der Waals surface area contributed by atoms with Gasteiger partial charge in [-0.2, -0.15) is 11.8 Å². The fraction of sp³-hybridized carbons (Fsp3) is 0.762. The molecule has 0 bridgehead atoms. The van der Waals surface area contributed by atoms with Crippen LogP contribution in [0.1, 0.15) is 107 Å². The largest absolute Gasteiger partial charge is 0.481 e. The molecule has 0 radical (unpaired) electrons. The zero-order valence-corrected chi connectivity index (χ0v) is 40.5. The van der Waals surface area contributed by atoms with Crippen molar-refractivity contribution in [2.75, 3.05) is 18.6 Å². The van der Waals surface area contributed by atoms with Crippen molar-refractivity contribution in [3.05, 3.63) is 0 Å². The molecule has 0 saturated heterocycles. The van der Waals surface area contributed by atoms with Gasteiger partial charge in [0.25, 0.3) is 0 Å². The molecule has 378 valence electrons. The maximum atomic E-state index is 14.0. The van der Waals surface area contributed by atoms with Gasteiger partial charge in [0.05, 0.1) is 24.9 Å². The molecule has 0 aromatic heterocycles. The smallest absolute Gasteiger partial charge is 0.329 e. The normalized spacial score (nSPS) is 16.0. The number of hydrogen-bond donors (Lipinski definition) is 12. The van der Waals surface area contributed by atoms with Crippen molar-refractivity contribution in [2.24, 2.45) is 46.6 Å². The number of aliphatic carboxylic acids is 2. The Morgan fingerprint density at radius 2 is 1.15 bits per heavy atom. The van der Waals surface area contributed by atoms with Crippen molar-refractivity contribution in [1.82, 2.24) is 31.9 Å². The van der Waals surface area contributed by atoms with E-state index in [2.05, 4.69) is 31.9 Å². The number of rotatable bonds is 34. The quantitative estimate of drug-likeness (QED) is 0.0316. The van der Waals surface area contributed by atoms with E-state index in [1.807, 2.05) is 20.1 Å². The van der Waals surface area contributed by atoms with E-state index in [1.165, 1.54) is 11.8 Å². The van der Waals surface area contributed by atoms with Gasteiger partial charge in [-0.15, -0.1) is 0 Å². The van der Waals surface area contributed by atoms with E-state index in [-0.39, 0.29) is 37.6 Å². The third-order valence-electron chi connectivity index (χ3n) is 10.4. The van der Waals surface area contributed by atoms with Crippen molar-refractivity contribution in [1.29, 1.82) is 0 Å². The molecule has 0 aromatic carbocycles. The maximum absolute atomic E-state index is 14.0. The maximum Gasteiger partial charge on any atom is 0.329 e. The van der Waals surface area contributed by atoms with Crippen molar-refractivity contribution in [2.45, 2.75) is 161 Å². The molecule has 0 saturated carbocycles. The minimum atomic E-state index is -1.64. The minimum absolute atomic E-state index is 0.00504. The van der Waals surface area contributed by atoms with Crippen LogP contribution in [0.4, 0.5) is 0 Å². The van der Waals surface area contributed by atoms with Crippen LogP contribution in [0.15, 0.2) is 0 Å². The molecule has 0 rings (SSSR count). The van der Waals surface area contributed by atoms with Crippen LogP contribution in [0.5, 0.6) is 0 Å². The molecule has 7 amide bonds. The van der Waals surface area contributed by atoms with E-state index < -0.39 is 145 Å². The predicted octanol–water partition coefficient (Wildman–Crippen LogP) is -1.82. The average molecular weight is 961 g/mol. The van der Waals surface area contributed by atoms with Crippen LogP contribution >= 0.6 is 11.8 Å². The molecule has 0 heterocycles. The van der Waals surface area contributed by atoms with Crippen LogP contribution in [-0.2, 0) is 52.7 Å². The van der Waals surface area contributed by atoms with Crippen LogP contribution in [0.2, 0.25) is 0 Å². The number of nitrogens with one attached hydrogen (secondary N) is 6. The summed E-state index contributed by atoms with van der Waals surface area (Å²) in [6.07, 6.45) is -0.386. The number of nitrogens with two attached hydrogens (primary N) is 4.